The standard InChI is InChI=1S/C23H25ClFN3O/c1-3-22(29)28-10-9-23(14-28,19-5-4-6-20(24)15(19)2)27-18-8-7-16-11-17(25)13-26-21(16)12-18/h3-6,8,11-13,15-16,19,27H,1,7,9-10,14H2,2H3/t15?,16?,19?,23-/m1/s1. The van der Waals surface area contributed by atoms with Crippen molar-refractivity contribution < 1.29 is 9.18 Å². The number of nitrogens with zero attached hydrogens (tertiary/aromatic N) is 2. The Kier molecular flexibility index (Phi) is 5.34. The molecule has 1 amide bonds. The van der Waals surface area contributed by atoms with Gasteiger partial charge in [0.1, 0.15) is 5.83 Å². The van der Waals surface area contributed by atoms with Crippen molar-refractivity contribution in [2.45, 2.75) is 25.3 Å². The number of likely N-dealkylation sites (tertiary alicyclic amines) is 1. The van der Waals surface area contributed by atoms with Gasteiger partial charge in [-0.2, -0.15) is 0 Å². The van der Waals surface area contributed by atoms with E-state index in [0.29, 0.717) is 19.5 Å². The fraction of sp³-hybridized carbons (Fsp3) is 0.391. The van der Waals surface area contributed by atoms with Crippen LogP contribution in [0.4, 0.5) is 4.39 Å². The van der Waals surface area contributed by atoms with Crippen LogP contribution in [0.1, 0.15) is 19.8 Å². The lowest BCUT2D eigenvalue weighted by Gasteiger charge is -2.42. The quantitative estimate of drug-likeness (QED) is 0.694. The Morgan fingerprint density at radius 3 is 3.14 bits per heavy atom. The zero-order valence-corrected chi connectivity index (χ0v) is 17.2. The number of dihydropyridines is 1. The molecular formula is C23H25ClFN3O. The first-order chi connectivity index (χ1) is 13.9. The van der Waals surface area contributed by atoms with Gasteiger partial charge in [-0.05, 0) is 37.1 Å². The fourth-order valence-electron chi connectivity index (χ4n) is 4.76. The van der Waals surface area contributed by atoms with Crippen LogP contribution in [0.2, 0.25) is 0 Å². The second-order valence-corrected chi connectivity index (χ2v) is 8.56. The summed E-state index contributed by atoms with van der Waals surface area (Å²) in [5.41, 5.74) is 1.47. The van der Waals surface area contributed by atoms with Gasteiger partial charge < -0.3 is 10.2 Å². The highest BCUT2D eigenvalue weighted by Crippen LogP contribution is 2.42. The first-order valence-corrected chi connectivity index (χ1v) is 10.4. The molecule has 4 nitrogen and oxygen atoms in total. The minimum Gasteiger partial charge on any atom is -0.377 e. The van der Waals surface area contributed by atoms with E-state index in [0.717, 1.165) is 22.8 Å². The molecule has 4 aliphatic rings. The Labute approximate surface area is 175 Å². The Hall–Kier alpha value is -2.40. The Morgan fingerprint density at radius 1 is 1.52 bits per heavy atom. The molecule has 152 valence electrons. The summed E-state index contributed by atoms with van der Waals surface area (Å²) in [7, 11) is 0. The minimum atomic E-state index is -0.349. The van der Waals surface area contributed by atoms with Crippen LogP contribution in [0.3, 0.4) is 0 Å². The number of halogens is 2. The third-order valence-corrected chi connectivity index (χ3v) is 6.81. The number of nitrogens with one attached hydrogen (secondary N) is 1. The number of hydrogen-bond donors (Lipinski definition) is 1. The molecule has 2 heterocycles. The average molecular weight is 414 g/mol. The molecule has 4 rings (SSSR count). The molecule has 29 heavy (non-hydrogen) atoms. The van der Waals surface area contributed by atoms with Crippen LogP contribution in [-0.2, 0) is 4.79 Å². The van der Waals surface area contributed by atoms with Gasteiger partial charge in [0.15, 0.2) is 0 Å². The predicted molar refractivity (Wildman–Crippen MR) is 115 cm³/mol. The third kappa shape index (κ3) is 3.76. The van der Waals surface area contributed by atoms with Gasteiger partial charge in [-0.1, -0.05) is 43.3 Å². The summed E-state index contributed by atoms with van der Waals surface area (Å²) in [6.45, 7) is 6.99. The maximum absolute atomic E-state index is 13.5. The third-order valence-electron chi connectivity index (χ3n) is 6.34. The lowest BCUT2D eigenvalue weighted by molar-refractivity contribution is -0.125. The monoisotopic (exact) mass is 413 g/mol. The van der Waals surface area contributed by atoms with Gasteiger partial charge in [-0.15, -0.1) is 0 Å². The molecule has 2 aliphatic carbocycles. The number of allylic oxidation sites excluding steroid dienone is 7. The molecule has 4 atom stereocenters. The molecule has 0 aromatic carbocycles. The molecule has 0 spiro atoms. The van der Waals surface area contributed by atoms with E-state index < -0.39 is 0 Å². The predicted octanol–water partition coefficient (Wildman–Crippen LogP) is 4.40. The van der Waals surface area contributed by atoms with Crippen LogP contribution in [0.25, 0.3) is 0 Å². The van der Waals surface area contributed by atoms with E-state index in [9.17, 15) is 9.18 Å². The van der Waals surface area contributed by atoms with E-state index in [1.165, 1.54) is 12.3 Å². The topological polar surface area (TPSA) is 44.7 Å². The highest BCUT2D eigenvalue weighted by Gasteiger charge is 2.47. The first kappa shape index (κ1) is 19.9. The first-order valence-electron chi connectivity index (χ1n) is 9.98. The fourth-order valence-corrected chi connectivity index (χ4v) is 4.97. The normalized spacial score (nSPS) is 33.3. The van der Waals surface area contributed by atoms with Crippen molar-refractivity contribution in [1.82, 2.24) is 10.2 Å². The molecule has 3 unspecified atom stereocenters. The second-order valence-electron chi connectivity index (χ2n) is 8.13. The summed E-state index contributed by atoms with van der Waals surface area (Å²) in [4.78, 5) is 18.4. The maximum Gasteiger partial charge on any atom is 0.246 e. The summed E-state index contributed by atoms with van der Waals surface area (Å²) in [5, 5.41) is 4.56. The lowest BCUT2D eigenvalue weighted by Crippen LogP contribution is -2.55. The molecule has 1 saturated heterocycles. The summed E-state index contributed by atoms with van der Waals surface area (Å²) < 4.78 is 13.5. The van der Waals surface area contributed by atoms with Crippen molar-refractivity contribution in [2.75, 3.05) is 13.1 Å². The van der Waals surface area contributed by atoms with Gasteiger partial charge >= 0.3 is 0 Å². The summed E-state index contributed by atoms with van der Waals surface area (Å²) in [5.74, 6) is -0.0920. The van der Waals surface area contributed by atoms with E-state index in [1.807, 2.05) is 23.1 Å². The molecule has 0 saturated carbocycles. The number of fused-ring (bicyclic) bond motifs is 1. The Bertz CT molecular complexity index is 913. The Morgan fingerprint density at radius 2 is 2.34 bits per heavy atom. The minimum absolute atomic E-state index is 0.0187. The van der Waals surface area contributed by atoms with Gasteiger partial charge in [0.2, 0.25) is 5.91 Å². The van der Waals surface area contributed by atoms with Crippen LogP contribution in [0.15, 0.2) is 76.4 Å². The summed E-state index contributed by atoms with van der Waals surface area (Å²) in [6, 6.07) is 0. The van der Waals surface area contributed by atoms with Crippen LogP contribution in [-0.4, -0.2) is 35.7 Å². The van der Waals surface area contributed by atoms with Crippen molar-refractivity contribution in [3.05, 3.63) is 71.4 Å². The average Bonchev–Trinajstić information content (AvgIpc) is 3.14. The molecule has 0 aromatic rings. The van der Waals surface area contributed by atoms with E-state index in [2.05, 4.69) is 36.0 Å². The largest absolute Gasteiger partial charge is 0.377 e. The molecule has 0 aromatic heterocycles. The molecule has 1 N–H and O–H groups in total. The highest BCUT2D eigenvalue weighted by atomic mass is 35.5. The molecule has 0 radical (unpaired) electrons. The van der Waals surface area contributed by atoms with Gasteiger partial charge in [-0.25, -0.2) is 4.39 Å². The summed E-state index contributed by atoms with van der Waals surface area (Å²) >= 11 is 6.47. The molecule has 2 aliphatic heterocycles. The number of aliphatic imine (C=N–C) groups is 1. The van der Waals surface area contributed by atoms with Crippen LogP contribution < -0.4 is 5.32 Å². The zero-order valence-electron chi connectivity index (χ0n) is 16.4. The van der Waals surface area contributed by atoms with Gasteiger partial charge in [-0.3, -0.25) is 9.79 Å². The lowest BCUT2D eigenvalue weighted by atomic mass is 9.73. The number of rotatable bonds is 4. The number of hydrogen-bond acceptors (Lipinski definition) is 3. The van der Waals surface area contributed by atoms with Crippen LogP contribution in [0, 0.1) is 17.8 Å². The number of carbonyl (C=O) groups excluding carboxylic acids is 1. The summed E-state index contributed by atoms with van der Waals surface area (Å²) in [6.07, 6.45) is 15.9. The van der Waals surface area contributed by atoms with Crippen molar-refractivity contribution in [2.24, 2.45) is 22.7 Å². The van der Waals surface area contributed by atoms with E-state index in [4.69, 9.17) is 11.6 Å². The Balaban J connectivity index is 1.62. The van der Waals surface area contributed by atoms with E-state index in [-0.39, 0.29) is 35.0 Å². The molecular weight excluding hydrogens is 389 g/mol. The maximum atomic E-state index is 13.5. The van der Waals surface area contributed by atoms with Crippen molar-refractivity contribution in [1.29, 1.82) is 0 Å². The second kappa shape index (κ2) is 7.79. The molecule has 0 bridgehead atoms. The van der Waals surface area contributed by atoms with Crippen molar-refractivity contribution in [3.63, 3.8) is 0 Å². The molecule has 1 fully saturated rings. The van der Waals surface area contributed by atoms with Crippen LogP contribution >= 0.6 is 11.6 Å². The van der Waals surface area contributed by atoms with E-state index in [1.54, 1.807) is 6.08 Å². The highest BCUT2D eigenvalue weighted by molar-refractivity contribution is 6.30. The zero-order chi connectivity index (χ0) is 20.6. The SMILES string of the molecule is C=CC(=O)N1CC[C@](NC2=CCC3C=C(F)C=NC3=C2)(C2C=CC=C(Cl)C2C)C1. The van der Waals surface area contributed by atoms with Gasteiger partial charge in [0, 0.05) is 47.3 Å². The smallest absolute Gasteiger partial charge is 0.246 e. The molecule has 6 heteroatoms. The van der Waals surface area contributed by atoms with Crippen LogP contribution in [0.5, 0.6) is 0 Å². The van der Waals surface area contributed by atoms with E-state index >= 15 is 0 Å². The van der Waals surface area contributed by atoms with Crippen molar-refractivity contribution in [3.8, 4) is 0 Å². The van der Waals surface area contributed by atoms with Crippen molar-refractivity contribution >= 4 is 23.7 Å². The number of carbonyl (C=O) groups is 1. The van der Waals surface area contributed by atoms with Gasteiger partial charge in [0.25, 0.3) is 0 Å². The number of amides is 1. The van der Waals surface area contributed by atoms with Gasteiger partial charge in [0.05, 0.1) is 11.8 Å².